The first-order valence-corrected chi connectivity index (χ1v) is 16.2. The van der Waals surface area contributed by atoms with E-state index in [0.717, 1.165) is 27.5 Å². The van der Waals surface area contributed by atoms with Crippen LogP contribution < -0.4 is 0 Å². The summed E-state index contributed by atoms with van der Waals surface area (Å²) in [4.78, 5) is 0.257. The van der Waals surface area contributed by atoms with Gasteiger partial charge in [-0.3, -0.25) is 0 Å². The Bertz CT molecular complexity index is 1630. The maximum absolute atomic E-state index is 14.1. The number of hydrogen-bond donors (Lipinski definition) is 1. The van der Waals surface area contributed by atoms with Crippen molar-refractivity contribution in [1.82, 2.24) is 4.31 Å². The van der Waals surface area contributed by atoms with Crippen LogP contribution in [0, 0.1) is 0 Å². The highest BCUT2D eigenvalue weighted by atomic mass is 32.2. The summed E-state index contributed by atoms with van der Waals surface area (Å²) in [5, 5.41) is 12.7. The van der Waals surface area contributed by atoms with E-state index in [0.29, 0.717) is 13.0 Å². The van der Waals surface area contributed by atoms with Crippen LogP contribution in [0.5, 0.6) is 0 Å². The van der Waals surface area contributed by atoms with Crippen molar-refractivity contribution in [1.29, 1.82) is 0 Å². The number of thioether (sulfide) groups is 1. The largest absolute Gasteiger partial charge is 0.392 e. The van der Waals surface area contributed by atoms with Crippen LogP contribution in [0.3, 0.4) is 0 Å². The van der Waals surface area contributed by atoms with Crippen LogP contribution >= 0.6 is 11.8 Å². The Morgan fingerprint density at radius 2 is 1.22 bits per heavy atom. The van der Waals surface area contributed by atoms with E-state index in [2.05, 4.69) is 72.8 Å². The maximum atomic E-state index is 14.1. The van der Waals surface area contributed by atoms with Gasteiger partial charge >= 0.3 is 0 Å². The number of hydrogen-bond acceptors (Lipinski definition) is 4. The highest BCUT2D eigenvalue weighted by Gasteiger charge is 2.47. The number of aliphatic hydroxyl groups excluding tert-OH is 1. The van der Waals surface area contributed by atoms with Crippen LogP contribution in [0.15, 0.2) is 138 Å². The maximum Gasteiger partial charge on any atom is 0.243 e. The standard InChI is InChI=1S/C35H33NO3S2/c1-26(37)34-24-32(25-36(34)41(38,39)33-22-21-27-13-11-12-14-28(27)23-33)40-35(29-15-5-2-6-16-29,30-17-7-3-8-18-30)31-19-9-4-10-20-31/h2-23,26,32,34,37H,24-25H2,1H3/t26-,32-,34?/m1/s1. The number of rotatable bonds is 8. The van der Waals surface area contributed by atoms with E-state index in [1.165, 1.54) is 4.31 Å². The summed E-state index contributed by atoms with van der Waals surface area (Å²) in [5.74, 6) is 0. The average molecular weight is 580 g/mol. The fourth-order valence-electron chi connectivity index (χ4n) is 6.03. The highest BCUT2D eigenvalue weighted by molar-refractivity contribution is 8.01. The molecule has 1 saturated heterocycles. The Morgan fingerprint density at radius 1 is 0.732 bits per heavy atom. The predicted molar refractivity (Wildman–Crippen MR) is 169 cm³/mol. The van der Waals surface area contributed by atoms with Crippen molar-refractivity contribution in [2.75, 3.05) is 6.54 Å². The summed E-state index contributed by atoms with van der Waals surface area (Å²) < 4.78 is 29.2. The van der Waals surface area contributed by atoms with Gasteiger partial charge in [0.1, 0.15) is 0 Å². The normalized spacial score (nSPS) is 18.9. The minimum atomic E-state index is -3.85. The summed E-state index contributed by atoms with van der Waals surface area (Å²) in [6, 6.07) is 43.8. The number of sulfonamides is 1. The molecule has 1 N–H and O–H groups in total. The molecule has 41 heavy (non-hydrogen) atoms. The molecule has 0 aromatic heterocycles. The number of fused-ring (bicyclic) bond motifs is 1. The summed E-state index contributed by atoms with van der Waals surface area (Å²) in [5.41, 5.74) is 3.39. The minimum Gasteiger partial charge on any atom is -0.392 e. The second kappa shape index (κ2) is 11.5. The average Bonchev–Trinajstić information content (AvgIpc) is 3.46. The van der Waals surface area contributed by atoms with Crippen molar-refractivity contribution in [2.45, 2.75) is 40.4 Å². The number of nitrogens with zero attached hydrogens (tertiary/aromatic N) is 1. The van der Waals surface area contributed by atoms with Crippen molar-refractivity contribution in [3.8, 4) is 0 Å². The molecule has 0 aliphatic carbocycles. The van der Waals surface area contributed by atoms with Gasteiger partial charge in [-0.05, 0) is 52.9 Å². The monoisotopic (exact) mass is 579 g/mol. The first-order valence-electron chi connectivity index (χ1n) is 13.9. The van der Waals surface area contributed by atoms with Gasteiger partial charge in [0.05, 0.1) is 21.8 Å². The molecule has 6 rings (SSSR count). The molecule has 1 aliphatic heterocycles. The Labute approximate surface area is 246 Å². The van der Waals surface area contributed by atoms with Crippen LogP contribution in [0.1, 0.15) is 30.0 Å². The van der Waals surface area contributed by atoms with Crippen LogP contribution in [-0.2, 0) is 14.8 Å². The van der Waals surface area contributed by atoms with Gasteiger partial charge < -0.3 is 5.11 Å². The molecule has 1 heterocycles. The molecule has 0 amide bonds. The second-order valence-electron chi connectivity index (χ2n) is 10.6. The Kier molecular flexibility index (Phi) is 7.75. The number of benzene rings is 5. The van der Waals surface area contributed by atoms with Gasteiger partial charge in [-0.15, -0.1) is 11.8 Å². The van der Waals surface area contributed by atoms with Crippen LogP contribution in [0.4, 0.5) is 0 Å². The smallest absolute Gasteiger partial charge is 0.243 e. The molecule has 0 saturated carbocycles. The fourth-order valence-corrected chi connectivity index (χ4v) is 9.75. The van der Waals surface area contributed by atoms with E-state index in [1.54, 1.807) is 30.8 Å². The van der Waals surface area contributed by atoms with Gasteiger partial charge in [0.2, 0.25) is 10.0 Å². The van der Waals surface area contributed by atoms with E-state index < -0.39 is 26.9 Å². The van der Waals surface area contributed by atoms with Gasteiger partial charge in [0, 0.05) is 11.8 Å². The quantitative estimate of drug-likeness (QED) is 0.200. The lowest BCUT2D eigenvalue weighted by Crippen LogP contribution is -2.41. The molecule has 1 aliphatic rings. The van der Waals surface area contributed by atoms with Crippen LogP contribution in [0.25, 0.3) is 10.8 Å². The lowest BCUT2D eigenvalue weighted by atomic mass is 9.84. The molecule has 208 valence electrons. The van der Waals surface area contributed by atoms with Crippen LogP contribution in [0.2, 0.25) is 0 Å². The molecule has 5 aromatic carbocycles. The molecule has 1 unspecified atom stereocenters. The van der Waals surface area contributed by atoms with Gasteiger partial charge in [-0.1, -0.05) is 121 Å². The van der Waals surface area contributed by atoms with Gasteiger partial charge in [-0.2, -0.15) is 4.31 Å². The Balaban J connectivity index is 1.43. The molecular weight excluding hydrogens is 547 g/mol. The third-order valence-corrected chi connectivity index (χ3v) is 11.6. The molecular formula is C35H33NO3S2. The summed E-state index contributed by atoms with van der Waals surface area (Å²) in [6.45, 7) is 2.00. The predicted octanol–water partition coefficient (Wildman–Crippen LogP) is 7.08. The van der Waals surface area contributed by atoms with Crippen molar-refractivity contribution in [3.63, 3.8) is 0 Å². The topological polar surface area (TPSA) is 57.6 Å². The lowest BCUT2D eigenvalue weighted by Gasteiger charge is -2.37. The van der Waals surface area contributed by atoms with E-state index in [4.69, 9.17) is 0 Å². The van der Waals surface area contributed by atoms with Crippen molar-refractivity contribution in [3.05, 3.63) is 150 Å². The zero-order valence-corrected chi connectivity index (χ0v) is 24.5. The molecule has 0 spiro atoms. The third kappa shape index (κ3) is 5.22. The van der Waals surface area contributed by atoms with Crippen molar-refractivity contribution in [2.24, 2.45) is 0 Å². The van der Waals surface area contributed by atoms with Gasteiger partial charge in [0.25, 0.3) is 0 Å². The molecule has 1 fully saturated rings. The third-order valence-electron chi connectivity index (χ3n) is 8.03. The first kappa shape index (κ1) is 27.7. The summed E-state index contributed by atoms with van der Waals surface area (Å²) in [6.07, 6.45) is -0.265. The molecule has 3 atom stereocenters. The SMILES string of the molecule is C[C@@H](O)C1C[C@@H](SC(c2ccccc2)(c2ccccc2)c2ccccc2)CN1S(=O)(=O)c1ccc2ccccc2c1. The summed E-state index contributed by atoms with van der Waals surface area (Å²) in [7, 11) is -3.85. The minimum absolute atomic E-state index is 0.0644. The molecule has 6 heteroatoms. The molecule has 5 aromatic rings. The lowest BCUT2D eigenvalue weighted by molar-refractivity contribution is 0.123. The van der Waals surface area contributed by atoms with E-state index >= 15 is 0 Å². The van der Waals surface area contributed by atoms with E-state index in [-0.39, 0.29) is 10.1 Å². The molecule has 4 nitrogen and oxygen atoms in total. The zero-order chi connectivity index (χ0) is 28.5. The zero-order valence-electron chi connectivity index (χ0n) is 22.9. The Morgan fingerprint density at radius 3 is 1.73 bits per heavy atom. The Hall–Kier alpha value is -3.42. The van der Waals surface area contributed by atoms with E-state index in [9.17, 15) is 13.5 Å². The van der Waals surface area contributed by atoms with E-state index in [1.807, 2.05) is 48.5 Å². The fraction of sp³-hybridized carbons (Fsp3) is 0.200. The summed E-state index contributed by atoms with van der Waals surface area (Å²) >= 11 is 1.78. The van der Waals surface area contributed by atoms with Gasteiger partial charge in [0.15, 0.2) is 0 Å². The van der Waals surface area contributed by atoms with Crippen LogP contribution in [-0.4, -0.2) is 41.8 Å². The highest BCUT2D eigenvalue weighted by Crippen LogP contribution is 2.52. The molecule has 0 bridgehead atoms. The number of aliphatic hydroxyl groups is 1. The van der Waals surface area contributed by atoms with Gasteiger partial charge in [-0.25, -0.2) is 8.42 Å². The second-order valence-corrected chi connectivity index (χ2v) is 14.1. The first-order chi connectivity index (χ1) is 19.9. The van der Waals surface area contributed by atoms with Crippen molar-refractivity contribution >= 4 is 32.6 Å². The molecule has 0 radical (unpaired) electrons. The van der Waals surface area contributed by atoms with Crippen molar-refractivity contribution < 1.29 is 13.5 Å².